The summed E-state index contributed by atoms with van der Waals surface area (Å²) in [6.07, 6.45) is 7.96. The fourth-order valence-electron chi connectivity index (χ4n) is 2.79. The largest absolute Gasteiger partial charge is 0.493 e. The molecule has 1 N–H and O–H groups in total. The lowest BCUT2D eigenvalue weighted by Gasteiger charge is -2.19. The molecule has 1 aliphatic carbocycles. The molecule has 1 saturated carbocycles. The Morgan fingerprint density at radius 3 is 2.87 bits per heavy atom. The van der Waals surface area contributed by atoms with E-state index in [-0.39, 0.29) is 6.10 Å². The average molecular weight is 334 g/mol. The number of hydrogen-bond acceptors (Lipinski definition) is 5. The van der Waals surface area contributed by atoms with Gasteiger partial charge in [-0.1, -0.05) is 23.7 Å². The van der Waals surface area contributed by atoms with Gasteiger partial charge >= 0.3 is 0 Å². The number of methoxy groups -OCH3 is 1. The molecule has 0 unspecified atom stereocenters. The minimum atomic E-state index is 0.271. The van der Waals surface area contributed by atoms with Gasteiger partial charge in [-0.2, -0.15) is 0 Å². The average Bonchev–Trinajstić information content (AvgIpc) is 3.08. The molecule has 1 aromatic carbocycles. The van der Waals surface area contributed by atoms with Gasteiger partial charge in [-0.3, -0.25) is 0 Å². The van der Waals surface area contributed by atoms with Crippen LogP contribution in [0.5, 0.6) is 11.5 Å². The molecule has 0 aliphatic heterocycles. The summed E-state index contributed by atoms with van der Waals surface area (Å²) in [6.45, 7) is 0.552. The van der Waals surface area contributed by atoms with Gasteiger partial charge in [0.1, 0.15) is 17.2 Å². The van der Waals surface area contributed by atoms with Crippen LogP contribution < -0.4 is 14.8 Å². The molecule has 5 nitrogen and oxygen atoms in total. The zero-order valence-corrected chi connectivity index (χ0v) is 13.8. The molecule has 122 valence electrons. The zero-order chi connectivity index (χ0) is 16.1. The van der Waals surface area contributed by atoms with E-state index in [4.69, 9.17) is 21.1 Å². The van der Waals surface area contributed by atoms with Crippen LogP contribution in [0.15, 0.2) is 30.7 Å². The number of anilines is 1. The standard InChI is InChI=1S/C17H20ClN3O2/c1-22-15-8-4-5-12(16(15)23-13-6-2-3-7-13)9-20-17-14(18)10-19-11-21-17/h4-5,8,10-11,13H,2-3,6-7,9H2,1H3,(H,19,20,21). The maximum absolute atomic E-state index is 6.22. The normalized spacial score (nSPS) is 14.7. The Hall–Kier alpha value is -2.01. The first-order chi connectivity index (χ1) is 11.3. The van der Waals surface area contributed by atoms with Gasteiger partial charge in [-0.15, -0.1) is 0 Å². The van der Waals surface area contributed by atoms with Crippen molar-refractivity contribution in [1.82, 2.24) is 9.97 Å². The van der Waals surface area contributed by atoms with Gasteiger partial charge in [0, 0.05) is 12.1 Å². The topological polar surface area (TPSA) is 56.3 Å². The molecule has 1 aliphatic rings. The van der Waals surface area contributed by atoms with Crippen molar-refractivity contribution in [3.05, 3.63) is 41.3 Å². The van der Waals surface area contributed by atoms with E-state index in [2.05, 4.69) is 15.3 Å². The van der Waals surface area contributed by atoms with E-state index in [0.29, 0.717) is 17.4 Å². The highest BCUT2D eigenvalue weighted by Crippen LogP contribution is 2.35. The third kappa shape index (κ3) is 3.85. The highest BCUT2D eigenvalue weighted by Gasteiger charge is 2.20. The number of para-hydroxylation sites is 1. The smallest absolute Gasteiger partial charge is 0.166 e. The molecule has 0 saturated heterocycles. The highest BCUT2D eigenvalue weighted by molar-refractivity contribution is 6.32. The quantitative estimate of drug-likeness (QED) is 0.863. The van der Waals surface area contributed by atoms with Gasteiger partial charge in [0.05, 0.1) is 19.4 Å². The van der Waals surface area contributed by atoms with Crippen molar-refractivity contribution >= 4 is 17.4 Å². The Labute approximate surface area is 141 Å². The van der Waals surface area contributed by atoms with Gasteiger partial charge in [0.2, 0.25) is 0 Å². The van der Waals surface area contributed by atoms with Crippen LogP contribution in [0.2, 0.25) is 5.02 Å². The van der Waals surface area contributed by atoms with Crippen LogP contribution in [0.1, 0.15) is 31.2 Å². The Kier molecular flexibility index (Phi) is 5.18. The summed E-state index contributed by atoms with van der Waals surface area (Å²) in [7, 11) is 1.66. The number of benzene rings is 1. The maximum atomic E-state index is 6.22. The number of aromatic nitrogens is 2. The number of nitrogens with one attached hydrogen (secondary N) is 1. The van der Waals surface area contributed by atoms with Gasteiger partial charge in [-0.25, -0.2) is 9.97 Å². The first-order valence-electron chi connectivity index (χ1n) is 7.80. The van der Waals surface area contributed by atoms with Crippen LogP contribution in [-0.2, 0) is 6.54 Å². The summed E-state index contributed by atoms with van der Waals surface area (Å²) in [5, 5.41) is 3.72. The molecule has 0 amide bonds. The molecule has 1 fully saturated rings. The summed E-state index contributed by atoms with van der Waals surface area (Å²) in [5.41, 5.74) is 1.02. The molecule has 1 heterocycles. The molecule has 0 atom stereocenters. The first kappa shape index (κ1) is 15.9. The van der Waals surface area contributed by atoms with Gasteiger partial charge < -0.3 is 14.8 Å². The summed E-state index contributed by atoms with van der Waals surface area (Å²) < 4.78 is 11.7. The van der Waals surface area contributed by atoms with E-state index in [1.807, 2.05) is 18.2 Å². The molecular weight excluding hydrogens is 314 g/mol. The van der Waals surface area contributed by atoms with Crippen molar-refractivity contribution in [2.45, 2.75) is 38.3 Å². The fourth-order valence-corrected chi connectivity index (χ4v) is 2.96. The molecule has 23 heavy (non-hydrogen) atoms. The lowest BCUT2D eigenvalue weighted by molar-refractivity contribution is 0.199. The number of rotatable bonds is 6. The third-order valence-electron chi connectivity index (χ3n) is 3.98. The van der Waals surface area contributed by atoms with E-state index in [0.717, 1.165) is 29.9 Å². The molecule has 0 spiro atoms. The fraction of sp³-hybridized carbons (Fsp3) is 0.412. The minimum absolute atomic E-state index is 0.271. The van der Waals surface area contributed by atoms with E-state index >= 15 is 0 Å². The van der Waals surface area contributed by atoms with Gasteiger partial charge in [0.25, 0.3) is 0 Å². The van der Waals surface area contributed by atoms with Crippen LogP contribution in [0.4, 0.5) is 5.82 Å². The maximum Gasteiger partial charge on any atom is 0.166 e. The van der Waals surface area contributed by atoms with Gasteiger partial charge in [-0.05, 0) is 31.7 Å². The third-order valence-corrected chi connectivity index (χ3v) is 4.26. The van der Waals surface area contributed by atoms with Crippen LogP contribution in [-0.4, -0.2) is 23.2 Å². The van der Waals surface area contributed by atoms with Crippen molar-refractivity contribution < 1.29 is 9.47 Å². The molecule has 2 aromatic rings. The minimum Gasteiger partial charge on any atom is -0.493 e. The van der Waals surface area contributed by atoms with Crippen LogP contribution >= 0.6 is 11.6 Å². The summed E-state index contributed by atoms with van der Waals surface area (Å²) >= 11 is 6.08. The number of nitrogens with zero attached hydrogens (tertiary/aromatic N) is 2. The molecule has 0 bridgehead atoms. The Bertz CT molecular complexity index is 660. The van der Waals surface area contributed by atoms with E-state index in [1.165, 1.54) is 19.2 Å². The number of halogens is 1. The molecule has 3 rings (SSSR count). The molecule has 6 heteroatoms. The van der Waals surface area contributed by atoms with Crippen molar-refractivity contribution in [2.75, 3.05) is 12.4 Å². The monoisotopic (exact) mass is 333 g/mol. The Balaban J connectivity index is 1.78. The predicted octanol–water partition coefficient (Wildman–Crippen LogP) is 4.07. The SMILES string of the molecule is COc1cccc(CNc2ncncc2Cl)c1OC1CCCC1. The molecular formula is C17H20ClN3O2. The first-order valence-corrected chi connectivity index (χ1v) is 8.17. The lowest BCUT2D eigenvalue weighted by Crippen LogP contribution is -2.14. The second-order valence-corrected chi connectivity index (χ2v) is 5.95. The number of hydrogen-bond donors (Lipinski definition) is 1. The Morgan fingerprint density at radius 2 is 2.13 bits per heavy atom. The zero-order valence-electron chi connectivity index (χ0n) is 13.1. The van der Waals surface area contributed by atoms with Crippen molar-refractivity contribution in [2.24, 2.45) is 0 Å². The second-order valence-electron chi connectivity index (χ2n) is 5.55. The second kappa shape index (κ2) is 7.51. The predicted molar refractivity (Wildman–Crippen MR) is 90.2 cm³/mol. The van der Waals surface area contributed by atoms with E-state index in [1.54, 1.807) is 13.3 Å². The van der Waals surface area contributed by atoms with Crippen molar-refractivity contribution in [1.29, 1.82) is 0 Å². The number of ether oxygens (including phenoxy) is 2. The van der Waals surface area contributed by atoms with E-state index in [9.17, 15) is 0 Å². The van der Waals surface area contributed by atoms with Crippen molar-refractivity contribution in [3.63, 3.8) is 0 Å². The summed E-state index contributed by atoms with van der Waals surface area (Å²) in [6, 6.07) is 5.90. The lowest BCUT2D eigenvalue weighted by atomic mass is 10.1. The molecule has 1 aromatic heterocycles. The van der Waals surface area contributed by atoms with Crippen LogP contribution in [0, 0.1) is 0 Å². The van der Waals surface area contributed by atoms with Crippen molar-refractivity contribution in [3.8, 4) is 11.5 Å². The summed E-state index contributed by atoms with van der Waals surface area (Å²) in [5.74, 6) is 2.17. The summed E-state index contributed by atoms with van der Waals surface area (Å²) in [4.78, 5) is 8.03. The Morgan fingerprint density at radius 1 is 1.30 bits per heavy atom. The van der Waals surface area contributed by atoms with E-state index < -0.39 is 0 Å². The highest BCUT2D eigenvalue weighted by atomic mass is 35.5. The van der Waals surface area contributed by atoms with Gasteiger partial charge in [0.15, 0.2) is 11.5 Å². The van der Waals surface area contributed by atoms with Crippen LogP contribution in [0.25, 0.3) is 0 Å². The molecule has 0 radical (unpaired) electrons. The van der Waals surface area contributed by atoms with Crippen LogP contribution in [0.3, 0.4) is 0 Å².